The van der Waals surface area contributed by atoms with Gasteiger partial charge in [0.2, 0.25) is 15.9 Å². The van der Waals surface area contributed by atoms with Gasteiger partial charge in [-0.25, -0.2) is 8.42 Å². The zero-order valence-corrected chi connectivity index (χ0v) is 19.2. The molecule has 7 nitrogen and oxygen atoms in total. The second kappa shape index (κ2) is 10.1. The summed E-state index contributed by atoms with van der Waals surface area (Å²) in [5.41, 5.74) is 2.47. The van der Waals surface area contributed by atoms with Gasteiger partial charge in [0.1, 0.15) is 13.2 Å². The molecule has 1 aliphatic rings. The molecule has 0 aliphatic carbocycles. The molecule has 0 spiro atoms. The van der Waals surface area contributed by atoms with Gasteiger partial charge in [0.05, 0.1) is 11.4 Å². The number of nitrogens with one attached hydrogen (secondary N) is 1. The smallest absolute Gasteiger partial charge is 0.243 e. The topological polar surface area (TPSA) is 84.9 Å². The van der Waals surface area contributed by atoms with E-state index in [1.807, 2.05) is 37.3 Å². The van der Waals surface area contributed by atoms with E-state index in [2.05, 4.69) is 5.32 Å². The Morgan fingerprint density at radius 3 is 2.36 bits per heavy atom. The van der Waals surface area contributed by atoms with Crippen molar-refractivity contribution in [2.45, 2.75) is 18.2 Å². The van der Waals surface area contributed by atoms with E-state index < -0.39 is 15.9 Å². The van der Waals surface area contributed by atoms with Gasteiger partial charge in [0.25, 0.3) is 0 Å². The molecular weight excluding hydrogens is 440 g/mol. The fourth-order valence-corrected chi connectivity index (χ4v) is 4.92. The highest BCUT2D eigenvalue weighted by atomic mass is 32.2. The lowest BCUT2D eigenvalue weighted by Gasteiger charge is -2.22. The van der Waals surface area contributed by atoms with Crippen LogP contribution in [0.2, 0.25) is 0 Å². The van der Waals surface area contributed by atoms with Crippen molar-refractivity contribution in [2.75, 3.05) is 31.6 Å². The Labute approximate surface area is 194 Å². The maximum absolute atomic E-state index is 13.4. The van der Waals surface area contributed by atoms with Crippen LogP contribution < -0.4 is 14.8 Å². The molecule has 0 unspecified atom stereocenters. The first kappa shape index (κ1) is 22.8. The molecule has 0 atom stereocenters. The normalized spacial score (nSPS) is 13.0. The van der Waals surface area contributed by atoms with Crippen LogP contribution in [0, 0.1) is 6.92 Å². The molecule has 3 aromatic rings. The zero-order valence-electron chi connectivity index (χ0n) is 18.4. The number of hydrogen-bond acceptors (Lipinski definition) is 5. The van der Waals surface area contributed by atoms with E-state index in [9.17, 15) is 13.2 Å². The van der Waals surface area contributed by atoms with E-state index in [0.717, 1.165) is 11.1 Å². The number of anilines is 1. The Balaban J connectivity index is 1.52. The molecule has 0 saturated heterocycles. The highest BCUT2D eigenvalue weighted by Gasteiger charge is 2.26. The van der Waals surface area contributed by atoms with Crippen molar-refractivity contribution in [2.24, 2.45) is 0 Å². The number of benzene rings is 3. The first-order valence-electron chi connectivity index (χ1n) is 10.7. The summed E-state index contributed by atoms with van der Waals surface area (Å²) in [6, 6.07) is 21.3. The first-order chi connectivity index (χ1) is 15.9. The van der Waals surface area contributed by atoms with E-state index in [1.54, 1.807) is 42.5 Å². The fourth-order valence-electron chi connectivity index (χ4n) is 3.52. The average Bonchev–Trinajstić information content (AvgIpc) is 2.82. The summed E-state index contributed by atoms with van der Waals surface area (Å²) in [7, 11) is -3.86. The van der Waals surface area contributed by atoms with Crippen molar-refractivity contribution in [1.29, 1.82) is 0 Å². The summed E-state index contributed by atoms with van der Waals surface area (Å²) in [6.07, 6.45) is 0.489. The van der Waals surface area contributed by atoms with Crippen LogP contribution in [0.3, 0.4) is 0 Å². The molecule has 33 heavy (non-hydrogen) atoms. The minimum Gasteiger partial charge on any atom is -0.486 e. The molecule has 0 saturated carbocycles. The second-order valence-electron chi connectivity index (χ2n) is 7.79. The molecule has 0 bridgehead atoms. The number of rotatable bonds is 8. The maximum Gasteiger partial charge on any atom is 0.243 e. The van der Waals surface area contributed by atoms with Crippen molar-refractivity contribution in [3.63, 3.8) is 0 Å². The van der Waals surface area contributed by atoms with Crippen LogP contribution in [0.15, 0.2) is 77.7 Å². The quantitative estimate of drug-likeness (QED) is 0.548. The molecule has 1 N–H and O–H groups in total. The first-order valence-corrected chi connectivity index (χ1v) is 12.2. The molecule has 8 heteroatoms. The SMILES string of the molecule is Cc1ccc(S(=O)(=O)N(CCc2ccccc2)CC(=O)Nc2ccc3c(c2)OCCO3)cc1. The van der Waals surface area contributed by atoms with Gasteiger partial charge in [-0.1, -0.05) is 48.0 Å². The van der Waals surface area contributed by atoms with Crippen LogP contribution in [0.25, 0.3) is 0 Å². The number of carbonyl (C=O) groups excluding carboxylic acids is 1. The lowest BCUT2D eigenvalue weighted by molar-refractivity contribution is -0.116. The number of amides is 1. The number of carbonyl (C=O) groups is 1. The van der Waals surface area contributed by atoms with Crippen molar-refractivity contribution in [1.82, 2.24) is 4.31 Å². The van der Waals surface area contributed by atoms with E-state index >= 15 is 0 Å². The van der Waals surface area contributed by atoms with Gasteiger partial charge < -0.3 is 14.8 Å². The van der Waals surface area contributed by atoms with Crippen molar-refractivity contribution < 1.29 is 22.7 Å². The van der Waals surface area contributed by atoms with E-state index in [-0.39, 0.29) is 18.0 Å². The largest absolute Gasteiger partial charge is 0.486 e. The van der Waals surface area contributed by atoms with E-state index in [0.29, 0.717) is 36.8 Å². The van der Waals surface area contributed by atoms with Gasteiger partial charge in [0.15, 0.2) is 11.5 Å². The van der Waals surface area contributed by atoms with Gasteiger partial charge in [0, 0.05) is 18.3 Å². The third-order valence-electron chi connectivity index (χ3n) is 5.30. The van der Waals surface area contributed by atoms with Gasteiger partial charge in [-0.15, -0.1) is 0 Å². The molecule has 0 radical (unpaired) electrons. The molecule has 4 rings (SSSR count). The highest BCUT2D eigenvalue weighted by molar-refractivity contribution is 7.89. The second-order valence-corrected chi connectivity index (χ2v) is 9.73. The molecule has 172 valence electrons. The molecule has 1 aliphatic heterocycles. The summed E-state index contributed by atoms with van der Waals surface area (Å²) in [5, 5.41) is 2.77. The van der Waals surface area contributed by atoms with Gasteiger partial charge in [-0.3, -0.25) is 4.79 Å². The third kappa shape index (κ3) is 5.71. The Bertz CT molecular complexity index is 1210. The lowest BCUT2D eigenvalue weighted by atomic mass is 10.1. The summed E-state index contributed by atoms with van der Waals surface area (Å²) in [4.78, 5) is 13.0. The lowest BCUT2D eigenvalue weighted by Crippen LogP contribution is -2.39. The Morgan fingerprint density at radius 2 is 1.64 bits per heavy atom. The third-order valence-corrected chi connectivity index (χ3v) is 7.16. The summed E-state index contributed by atoms with van der Waals surface area (Å²) < 4.78 is 39.0. The highest BCUT2D eigenvalue weighted by Crippen LogP contribution is 2.32. The van der Waals surface area contributed by atoms with Gasteiger partial charge in [-0.05, 0) is 43.2 Å². The maximum atomic E-state index is 13.4. The molecular formula is C25H26N2O5S. The monoisotopic (exact) mass is 466 g/mol. The minimum absolute atomic E-state index is 0.160. The minimum atomic E-state index is -3.86. The summed E-state index contributed by atoms with van der Waals surface area (Å²) in [5.74, 6) is 0.730. The van der Waals surface area contributed by atoms with Crippen LogP contribution in [0.5, 0.6) is 11.5 Å². The predicted molar refractivity (Wildman–Crippen MR) is 126 cm³/mol. The van der Waals surface area contributed by atoms with Crippen LogP contribution in [-0.2, 0) is 21.2 Å². The Morgan fingerprint density at radius 1 is 0.939 bits per heavy atom. The number of ether oxygens (including phenoxy) is 2. The summed E-state index contributed by atoms with van der Waals surface area (Å²) in [6.45, 7) is 2.68. The van der Waals surface area contributed by atoms with E-state index in [4.69, 9.17) is 9.47 Å². The van der Waals surface area contributed by atoms with Crippen LogP contribution in [-0.4, -0.2) is 44.9 Å². The molecule has 0 fully saturated rings. The number of nitrogens with zero attached hydrogens (tertiary/aromatic N) is 1. The number of aryl methyl sites for hydroxylation is 1. The number of hydrogen-bond donors (Lipinski definition) is 1. The van der Waals surface area contributed by atoms with Crippen LogP contribution in [0.1, 0.15) is 11.1 Å². The fraction of sp³-hybridized carbons (Fsp3) is 0.240. The van der Waals surface area contributed by atoms with E-state index in [1.165, 1.54) is 4.31 Å². The molecule has 1 amide bonds. The van der Waals surface area contributed by atoms with Crippen molar-refractivity contribution in [3.8, 4) is 11.5 Å². The average molecular weight is 467 g/mol. The van der Waals surface area contributed by atoms with Crippen LogP contribution >= 0.6 is 0 Å². The molecule has 0 aromatic heterocycles. The van der Waals surface area contributed by atoms with Crippen LogP contribution in [0.4, 0.5) is 5.69 Å². The number of fused-ring (bicyclic) bond motifs is 1. The van der Waals surface area contributed by atoms with Crippen molar-refractivity contribution >= 4 is 21.6 Å². The molecule has 1 heterocycles. The zero-order chi connectivity index (χ0) is 23.3. The Hall–Kier alpha value is -3.36. The van der Waals surface area contributed by atoms with Gasteiger partial charge >= 0.3 is 0 Å². The predicted octanol–water partition coefficient (Wildman–Crippen LogP) is 3.64. The van der Waals surface area contributed by atoms with Crippen molar-refractivity contribution in [3.05, 3.63) is 83.9 Å². The van der Waals surface area contributed by atoms with Gasteiger partial charge in [-0.2, -0.15) is 4.31 Å². The molecule has 3 aromatic carbocycles. The number of sulfonamides is 1. The Kier molecular flexibility index (Phi) is 6.96. The standard InChI is InChI=1S/C25H26N2O5S/c1-19-7-10-22(11-8-19)33(29,30)27(14-13-20-5-3-2-4-6-20)18-25(28)26-21-9-12-23-24(17-21)32-16-15-31-23/h2-12,17H,13-16,18H2,1H3,(H,26,28). The summed E-state index contributed by atoms with van der Waals surface area (Å²) >= 11 is 0.